The second-order valence-corrected chi connectivity index (χ2v) is 9.95. The number of nitrogens with zero attached hydrogens (tertiary/aromatic N) is 1. The van der Waals surface area contributed by atoms with Gasteiger partial charge in [-0.05, 0) is 47.7 Å². The molecule has 0 radical (unpaired) electrons. The standard InChI is InChI=1S/C22H19Cl5N2O2/c1-22(2)15(9-19(26)27)20(22)21(30)29-28-10-12-8-13(23)6-7-18(12)31-11-14-16(24)4-3-5-17(14)25/h3-10,15,20H,11H2,1-2H3,(H,29,30)/b28-10-/t15-,20+/m0/s1. The summed E-state index contributed by atoms with van der Waals surface area (Å²) in [5.74, 6) is -0.0166. The monoisotopic (exact) mass is 518 g/mol. The molecule has 0 heterocycles. The molecule has 0 aliphatic heterocycles. The van der Waals surface area contributed by atoms with Crippen molar-refractivity contribution in [3.05, 3.63) is 73.2 Å². The van der Waals surface area contributed by atoms with Crippen LogP contribution in [0.15, 0.2) is 52.1 Å². The lowest BCUT2D eigenvalue weighted by Gasteiger charge is -2.12. The molecule has 2 aromatic rings. The van der Waals surface area contributed by atoms with Gasteiger partial charge in [0.2, 0.25) is 5.91 Å². The van der Waals surface area contributed by atoms with Crippen LogP contribution in [0.2, 0.25) is 15.1 Å². The maximum atomic E-state index is 12.5. The Morgan fingerprint density at radius 3 is 2.48 bits per heavy atom. The van der Waals surface area contributed by atoms with E-state index in [1.54, 1.807) is 42.5 Å². The third kappa shape index (κ3) is 5.88. The fourth-order valence-electron chi connectivity index (χ4n) is 3.43. The summed E-state index contributed by atoms with van der Waals surface area (Å²) in [7, 11) is 0. The number of halogens is 5. The molecule has 0 unspecified atom stereocenters. The SMILES string of the molecule is CC1(C)[C@@H](C=C(Cl)Cl)[C@@H]1C(=O)N/N=C\c1cc(Cl)ccc1OCc1c(Cl)cccc1Cl. The normalized spacial score (nSPS) is 19.2. The highest BCUT2D eigenvalue weighted by molar-refractivity contribution is 6.55. The van der Waals surface area contributed by atoms with Crippen LogP contribution in [0.5, 0.6) is 5.75 Å². The summed E-state index contributed by atoms with van der Waals surface area (Å²) in [6.07, 6.45) is 3.15. The minimum absolute atomic E-state index is 0.0434. The van der Waals surface area contributed by atoms with Crippen molar-refractivity contribution in [2.24, 2.45) is 22.4 Å². The van der Waals surface area contributed by atoms with E-state index >= 15 is 0 Å². The van der Waals surface area contributed by atoms with E-state index in [1.165, 1.54) is 6.21 Å². The van der Waals surface area contributed by atoms with Crippen molar-refractivity contribution in [1.82, 2.24) is 5.43 Å². The Kier molecular flexibility index (Phi) is 7.82. The first kappa shape index (κ1) is 24.2. The summed E-state index contributed by atoms with van der Waals surface area (Å²) in [6, 6.07) is 10.3. The van der Waals surface area contributed by atoms with Gasteiger partial charge in [-0.1, -0.05) is 77.9 Å². The predicted octanol–water partition coefficient (Wildman–Crippen LogP) is 7.27. The van der Waals surface area contributed by atoms with Gasteiger partial charge >= 0.3 is 0 Å². The van der Waals surface area contributed by atoms with Crippen molar-refractivity contribution in [3.63, 3.8) is 0 Å². The quantitative estimate of drug-likeness (QED) is 0.308. The van der Waals surface area contributed by atoms with Crippen molar-refractivity contribution in [1.29, 1.82) is 0 Å². The number of hydrazone groups is 1. The first-order valence-electron chi connectivity index (χ1n) is 9.32. The summed E-state index contributed by atoms with van der Waals surface area (Å²) in [4.78, 5) is 12.5. The zero-order chi connectivity index (χ0) is 22.8. The number of allylic oxidation sites excluding steroid dienone is 1. The molecule has 0 saturated heterocycles. The Balaban J connectivity index is 1.69. The van der Waals surface area contributed by atoms with Crippen molar-refractivity contribution in [2.75, 3.05) is 0 Å². The van der Waals surface area contributed by atoms with Gasteiger partial charge in [0, 0.05) is 26.2 Å². The lowest BCUT2D eigenvalue weighted by molar-refractivity contribution is -0.123. The van der Waals surface area contributed by atoms with Crippen LogP contribution in [-0.4, -0.2) is 12.1 Å². The molecule has 164 valence electrons. The Bertz CT molecular complexity index is 1030. The number of carbonyl (C=O) groups excluding carboxylic acids is 1. The van der Waals surface area contributed by atoms with E-state index < -0.39 is 0 Å². The van der Waals surface area contributed by atoms with E-state index in [0.717, 1.165) is 0 Å². The first-order valence-corrected chi connectivity index (χ1v) is 11.2. The third-order valence-electron chi connectivity index (χ3n) is 5.28. The summed E-state index contributed by atoms with van der Waals surface area (Å²) in [6.45, 7) is 4.11. The number of rotatable bonds is 7. The minimum atomic E-state index is -0.269. The zero-order valence-electron chi connectivity index (χ0n) is 16.6. The van der Waals surface area contributed by atoms with E-state index in [9.17, 15) is 4.79 Å². The largest absolute Gasteiger partial charge is 0.488 e. The second-order valence-electron chi connectivity index (χ2n) is 7.69. The lowest BCUT2D eigenvalue weighted by Crippen LogP contribution is -2.22. The molecule has 2 atom stereocenters. The fourth-order valence-corrected chi connectivity index (χ4v) is 4.39. The molecular weight excluding hydrogens is 502 g/mol. The predicted molar refractivity (Wildman–Crippen MR) is 129 cm³/mol. The smallest absolute Gasteiger partial charge is 0.244 e. The van der Waals surface area contributed by atoms with Crippen molar-refractivity contribution >= 4 is 70.1 Å². The Morgan fingerprint density at radius 2 is 1.84 bits per heavy atom. The molecule has 31 heavy (non-hydrogen) atoms. The number of nitrogens with one attached hydrogen (secondary N) is 1. The van der Waals surface area contributed by atoms with Crippen LogP contribution in [0.25, 0.3) is 0 Å². The summed E-state index contributed by atoms with van der Waals surface area (Å²) >= 11 is 30.0. The molecule has 1 saturated carbocycles. The Labute approximate surface area is 206 Å². The zero-order valence-corrected chi connectivity index (χ0v) is 20.4. The molecule has 1 N–H and O–H groups in total. The highest BCUT2D eigenvalue weighted by Crippen LogP contribution is 2.59. The molecule has 0 spiro atoms. The van der Waals surface area contributed by atoms with Gasteiger partial charge in [-0.3, -0.25) is 4.79 Å². The number of carbonyl (C=O) groups is 1. The maximum absolute atomic E-state index is 12.5. The van der Waals surface area contributed by atoms with E-state index in [0.29, 0.717) is 31.9 Å². The van der Waals surface area contributed by atoms with Crippen LogP contribution in [-0.2, 0) is 11.4 Å². The highest BCUT2D eigenvalue weighted by atomic mass is 35.5. The summed E-state index contributed by atoms with van der Waals surface area (Å²) in [5.41, 5.74) is 3.58. The van der Waals surface area contributed by atoms with E-state index in [2.05, 4.69) is 10.5 Å². The van der Waals surface area contributed by atoms with Gasteiger partial charge in [0.15, 0.2) is 0 Å². The van der Waals surface area contributed by atoms with Crippen LogP contribution in [0.3, 0.4) is 0 Å². The maximum Gasteiger partial charge on any atom is 0.244 e. The van der Waals surface area contributed by atoms with Gasteiger partial charge in [0.1, 0.15) is 16.8 Å². The average Bonchev–Trinajstić information content (AvgIpc) is 3.21. The van der Waals surface area contributed by atoms with E-state index in [4.69, 9.17) is 62.7 Å². The average molecular weight is 521 g/mol. The highest BCUT2D eigenvalue weighted by Gasteiger charge is 2.60. The molecular formula is C22H19Cl5N2O2. The number of hydrogen-bond acceptors (Lipinski definition) is 3. The molecule has 4 nitrogen and oxygen atoms in total. The van der Waals surface area contributed by atoms with Gasteiger partial charge in [-0.25, -0.2) is 5.43 Å². The molecule has 1 amide bonds. The molecule has 0 bridgehead atoms. The number of hydrogen-bond donors (Lipinski definition) is 1. The molecule has 2 aromatic carbocycles. The van der Waals surface area contributed by atoms with Crippen molar-refractivity contribution in [3.8, 4) is 5.75 Å². The molecule has 0 aromatic heterocycles. The van der Waals surface area contributed by atoms with Crippen molar-refractivity contribution < 1.29 is 9.53 Å². The number of amides is 1. The van der Waals surface area contributed by atoms with Crippen molar-refractivity contribution in [2.45, 2.75) is 20.5 Å². The van der Waals surface area contributed by atoms with Crippen LogP contribution >= 0.6 is 58.0 Å². The molecule has 3 rings (SSSR count). The topological polar surface area (TPSA) is 50.7 Å². The van der Waals surface area contributed by atoms with Gasteiger partial charge < -0.3 is 4.74 Å². The van der Waals surface area contributed by atoms with Gasteiger partial charge in [-0.2, -0.15) is 5.10 Å². The molecule has 1 fully saturated rings. The van der Waals surface area contributed by atoms with Crippen LogP contribution in [0, 0.1) is 17.3 Å². The molecule has 9 heteroatoms. The molecule has 1 aliphatic carbocycles. The van der Waals surface area contributed by atoms with E-state index in [-0.39, 0.29) is 34.3 Å². The second kappa shape index (κ2) is 10.0. The van der Waals surface area contributed by atoms with Gasteiger partial charge in [-0.15, -0.1) is 0 Å². The van der Waals surface area contributed by atoms with Crippen LogP contribution in [0.4, 0.5) is 0 Å². The third-order valence-corrected chi connectivity index (χ3v) is 6.48. The lowest BCUT2D eigenvalue weighted by atomic mass is 10.1. The van der Waals surface area contributed by atoms with Gasteiger partial charge in [0.25, 0.3) is 0 Å². The summed E-state index contributed by atoms with van der Waals surface area (Å²) in [5, 5.41) is 5.59. The van der Waals surface area contributed by atoms with Crippen LogP contribution in [0.1, 0.15) is 25.0 Å². The summed E-state index contributed by atoms with van der Waals surface area (Å²) < 4.78 is 6.03. The Hall–Kier alpha value is -1.43. The first-order chi connectivity index (χ1) is 14.6. The minimum Gasteiger partial charge on any atom is -0.488 e. The number of ether oxygens (including phenoxy) is 1. The van der Waals surface area contributed by atoms with Gasteiger partial charge in [0.05, 0.1) is 12.1 Å². The number of benzene rings is 2. The fraction of sp³-hybridized carbons (Fsp3) is 0.273. The van der Waals surface area contributed by atoms with E-state index in [1.807, 2.05) is 13.8 Å². The Morgan fingerprint density at radius 1 is 1.16 bits per heavy atom. The molecule has 1 aliphatic rings. The van der Waals surface area contributed by atoms with Crippen LogP contribution < -0.4 is 10.2 Å².